The van der Waals surface area contributed by atoms with Gasteiger partial charge in [0.05, 0.1) is 6.61 Å². The number of nitrogens with one attached hydrogen (secondary N) is 1. The third-order valence-electron chi connectivity index (χ3n) is 2.76. The van der Waals surface area contributed by atoms with Crippen LogP contribution < -0.4 is 5.32 Å². The first-order valence-corrected chi connectivity index (χ1v) is 6.48. The number of benzene rings is 1. The predicted molar refractivity (Wildman–Crippen MR) is 75.4 cm³/mol. The van der Waals surface area contributed by atoms with E-state index in [4.69, 9.17) is 4.74 Å². The molecule has 0 atom stereocenters. The summed E-state index contributed by atoms with van der Waals surface area (Å²) in [6.45, 7) is 1.96. The van der Waals surface area contributed by atoms with Gasteiger partial charge in [-0.05, 0) is 43.3 Å². The number of hydrogen-bond donors (Lipinski definition) is 1. The topological polar surface area (TPSA) is 60.3 Å². The molecule has 6 heteroatoms. The monoisotopic (exact) mass is 290 g/mol. The number of ether oxygens (including phenoxy) is 1. The lowest BCUT2D eigenvalue weighted by molar-refractivity contribution is -0.116. The second-order valence-corrected chi connectivity index (χ2v) is 4.30. The molecule has 0 saturated heterocycles. The smallest absolute Gasteiger partial charge is 0.354 e. The number of rotatable bonds is 5. The first-order valence-electron chi connectivity index (χ1n) is 6.48. The average molecular weight is 290 g/mol. The fourth-order valence-electron chi connectivity index (χ4n) is 1.83. The maximum absolute atomic E-state index is 12.8. The Hall–Kier alpha value is -2.63. The SMILES string of the molecule is CCOC(=O)c1cccn1CC(=O)Nc1ccc(F)cc1. The molecule has 0 aliphatic carbocycles. The van der Waals surface area contributed by atoms with E-state index in [1.165, 1.54) is 28.8 Å². The number of halogens is 1. The third-order valence-corrected chi connectivity index (χ3v) is 2.76. The fraction of sp³-hybridized carbons (Fsp3) is 0.200. The second-order valence-electron chi connectivity index (χ2n) is 4.30. The molecule has 0 fully saturated rings. The van der Waals surface area contributed by atoms with E-state index in [1.54, 1.807) is 25.3 Å². The van der Waals surface area contributed by atoms with Crippen molar-refractivity contribution in [3.05, 3.63) is 54.1 Å². The van der Waals surface area contributed by atoms with Gasteiger partial charge in [-0.3, -0.25) is 4.79 Å². The summed E-state index contributed by atoms with van der Waals surface area (Å²) in [6, 6.07) is 8.70. The number of esters is 1. The van der Waals surface area contributed by atoms with E-state index in [2.05, 4.69) is 5.32 Å². The summed E-state index contributed by atoms with van der Waals surface area (Å²) < 4.78 is 19.2. The Balaban J connectivity index is 2.01. The maximum Gasteiger partial charge on any atom is 0.354 e. The highest BCUT2D eigenvalue weighted by Crippen LogP contribution is 2.09. The summed E-state index contributed by atoms with van der Waals surface area (Å²) in [6.07, 6.45) is 1.62. The summed E-state index contributed by atoms with van der Waals surface area (Å²) in [7, 11) is 0. The summed E-state index contributed by atoms with van der Waals surface area (Å²) >= 11 is 0. The zero-order chi connectivity index (χ0) is 15.2. The standard InChI is InChI=1S/C15H15FN2O3/c1-2-21-15(20)13-4-3-9-18(13)10-14(19)17-12-7-5-11(16)6-8-12/h3-9H,2,10H2,1H3,(H,17,19). The number of aromatic nitrogens is 1. The van der Waals surface area contributed by atoms with Gasteiger partial charge < -0.3 is 14.6 Å². The minimum Gasteiger partial charge on any atom is -0.461 e. The highest BCUT2D eigenvalue weighted by atomic mass is 19.1. The predicted octanol–water partition coefficient (Wildman–Crippen LogP) is 2.44. The Labute approximate surface area is 121 Å². The summed E-state index contributed by atoms with van der Waals surface area (Å²) in [5.74, 6) is -1.16. The van der Waals surface area contributed by atoms with E-state index in [1.807, 2.05) is 0 Å². The third kappa shape index (κ3) is 3.92. The van der Waals surface area contributed by atoms with Crippen LogP contribution in [-0.4, -0.2) is 23.1 Å². The van der Waals surface area contributed by atoms with E-state index in [-0.39, 0.29) is 24.9 Å². The van der Waals surface area contributed by atoms with Crippen molar-refractivity contribution in [1.29, 1.82) is 0 Å². The van der Waals surface area contributed by atoms with Crippen molar-refractivity contribution in [3.63, 3.8) is 0 Å². The van der Waals surface area contributed by atoms with Gasteiger partial charge in [0.2, 0.25) is 5.91 Å². The van der Waals surface area contributed by atoms with Gasteiger partial charge in [-0.15, -0.1) is 0 Å². The van der Waals surface area contributed by atoms with Crippen LogP contribution in [0.5, 0.6) is 0 Å². The number of carbonyl (C=O) groups excluding carboxylic acids is 2. The van der Waals surface area contributed by atoms with Crippen LogP contribution in [0.4, 0.5) is 10.1 Å². The lowest BCUT2D eigenvalue weighted by Gasteiger charge is -2.09. The van der Waals surface area contributed by atoms with Gasteiger partial charge in [0, 0.05) is 11.9 Å². The van der Waals surface area contributed by atoms with Gasteiger partial charge in [-0.2, -0.15) is 0 Å². The molecule has 0 unspecified atom stereocenters. The van der Waals surface area contributed by atoms with E-state index in [0.717, 1.165) is 0 Å². The highest BCUT2D eigenvalue weighted by Gasteiger charge is 2.13. The van der Waals surface area contributed by atoms with E-state index < -0.39 is 5.97 Å². The minimum absolute atomic E-state index is 0.0292. The first kappa shape index (κ1) is 14.8. The van der Waals surface area contributed by atoms with Gasteiger partial charge in [-0.25, -0.2) is 9.18 Å². The molecular weight excluding hydrogens is 275 g/mol. The highest BCUT2D eigenvalue weighted by molar-refractivity contribution is 5.92. The summed E-state index contributed by atoms with van der Waals surface area (Å²) in [5.41, 5.74) is 0.803. The zero-order valence-electron chi connectivity index (χ0n) is 11.5. The molecule has 0 aliphatic rings. The normalized spacial score (nSPS) is 10.2. The van der Waals surface area contributed by atoms with Gasteiger partial charge in [-0.1, -0.05) is 0 Å². The van der Waals surface area contributed by atoms with Crippen LogP contribution in [0, 0.1) is 5.82 Å². The van der Waals surface area contributed by atoms with Crippen LogP contribution in [0.25, 0.3) is 0 Å². The van der Waals surface area contributed by atoms with Crippen LogP contribution in [0.15, 0.2) is 42.6 Å². The molecule has 2 aromatic rings. The van der Waals surface area contributed by atoms with Crippen LogP contribution >= 0.6 is 0 Å². The molecule has 1 aromatic carbocycles. The number of amides is 1. The maximum atomic E-state index is 12.8. The number of hydrogen-bond acceptors (Lipinski definition) is 3. The molecule has 1 aromatic heterocycles. The molecule has 1 heterocycles. The lowest BCUT2D eigenvalue weighted by atomic mass is 10.3. The van der Waals surface area contributed by atoms with Crippen molar-refractivity contribution < 1.29 is 18.7 Å². The van der Waals surface area contributed by atoms with Crippen molar-refractivity contribution in [2.24, 2.45) is 0 Å². The Bertz CT molecular complexity index is 635. The van der Waals surface area contributed by atoms with Gasteiger partial charge in [0.15, 0.2) is 0 Å². The van der Waals surface area contributed by atoms with Gasteiger partial charge in [0.25, 0.3) is 0 Å². The van der Waals surface area contributed by atoms with Crippen molar-refractivity contribution in [2.45, 2.75) is 13.5 Å². The van der Waals surface area contributed by atoms with E-state index in [0.29, 0.717) is 11.4 Å². The average Bonchev–Trinajstić information content (AvgIpc) is 2.90. The molecule has 5 nitrogen and oxygen atoms in total. The second kappa shape index (κ2) is 6.69. The molecule has 110 valence electrons. The summed E-state index contributed by atoms with van der Waals surface area (Å²) in [4.78, 5) is 23.6. The minimum atomic E-state index is -0.475. The van der Waals surface area contributed by atoms with Crippen LogP contribution in [0.2, 0.25) is 0 Å². The quantitative estimate of drug-likeness (QED) is 0.860. The number of carbonyl (C=O) groups is 2. The molecule has 21 heavy (non-hydrogen) atoms. The summed E-state index contributed by atoms with van der Waals surface area (Å²) in [5, 5.41) is 2.63. The first-order chi connectivity index (χ1) is 10.1. The molecule has 0 saturated carbocycles. The molecule has 0 bridgehead atoms. The van der Waals surface area contributed by atoms with Crippen LogP contribution in [0.3, 0.4) is 0 Å². The Morgan fingerprint density at radius 1 is 1.24 bits per heavy atom. The van der Waals surface area contributed by atoms with Crippen LogP contribution in [-0.2, 0) is 16.1 Å². The lowest BCUT2D eigenvalue weighted by Crippen LogP contribution is -2.21. The largest absolute Gasteiger partial charge is 0.461 e. The van der Waals surface area contributed by atoms with Crippen molar-refractivity contribution in [2.75, 3.05) is 11.9 Å². The van der Waals surface area contributed by atoms with Gasteiger partial charge in [0.1, 0.15) is 18.1 Å². The molecule has 0 aliphatic heterocycles. The van der Waals surface area contributed by atoms with E-state index in [9.17, 15) is 14.0 Å². The number of nitrogens with zero attached hydrogens (tertiary/aromatic N) is 1. The molecular formula is C15H15FN2O3. The fourth-order valence-corrected chi connectivity index (χ4v) is 1.83. The van der Waals surface area contributed by atoms with Gasteiger partial charge >= 0.3 is 5.97 Å². The zero-order valence-corrected chi connectivity index (χ0v) is 11.5. The van der Waals surface area contributed by atoms with Crippen LogP contribution in [0.1, 0.15) is 17.4 Å². The molecule has 1 N–H and O–H groups in total. The molecule has 0 radical (unpaired) electrons. The van der Waals surface area contributed by atoms with Crippen molar-refractivity contribution in [1.82, 2.24) is 4.57 Å². The molecule has 2 rings (SSSR count). The Kier molecular flexibility index (Phi) is 4.71. The van der Waals surface area contributed by atoms with E-state index >= 15 is 0 Å². The molecule has 0 spiro atoms. The Morgan fingerprint density at radius 2 is 1.95 bits per heavy atom. The Morgan fingerprint density at radius 3 is 2.62 bits per heavy atom. The number of anilines is 1. The van der Waals surface area contributed by atoms with Crippen molar-refractivity contribution in [3.8, 4) is 0 Å². The molecule has 1 amide bonds. The van der Waals surface area contributed by atoms with Crippen molar-refractivity contribution >= 4 is 17.6 Å².